The van der Waals surface area contributed by atoms with Crippen LogP contribution in [-0.4, -0.2) is 34.8 Å². The van der Waals surface area contributed by atoms with Crippen LogP contribution >= 0.6 is 0 Å². The highest BCUT2D eigenvalue weighted by atomic mass is 16.5. The van der Waals surface area contributed by atoms with E-state index in [0.29, 0.717) is 16.2 Å². The molecular formula is C14H17NO4. The van der Waals surface area contributed by atoms with Crippen molar-refractivity contribution in [1.29, 1.82) is 0 Å². The number of carbonyl (C=O) groups is 2. The molecule has 1 amide bonds. The average molecular weight is 263 g/mol. The molecule has 0 saturated heterocycles. The van der Waals surface area contributed by atoms with Crippen LogP contribution in [0.15, 0.2) is 42.5 Å². The van der Waals surface area contributed by atoms with E-state index in [1.807, 2.05) is 0 Å². The lowest BCUT2D eigenvalue weighted by molar-refractivity contribution is -0.147. The number of hydrogen-bond acceptors (Lipinski definition) is 4. The quantitative estimate of drug-likeness (QED) is 0.382. The zero-order chi connectivity index (χ0) is 14.4. The monoisotopic (exact) mass is 263 g/mol. The molecule has 1 aromatic carbocycles. The summed E-state index contributed by atoms with van der Waals surface area (Å²) in [5.74, 6) is -1.05. The second-order valence-corrected chi connectivity index (χ2v) is 4.18. The first-order valence-electron chi connectivity index (χ1n) is 5.79. The van der Waals surface area contributed by atoms with Crippen molar-refractivity contribution in [2.24, 2.45) is 0 Å². The first-order chi connectivity index (χ1) is 8.93. The molecule has 1 N–H and O–H groups in total. The van der Waals surface area contributed by atoms with Crippen LogP contribution in [0.2, 0.25) is 0 Å². The molecule has 0 saturated carbocycles. The third kappa shape index (κ3) is 4.22. The summed E-state index contributed by atoms with van der Waals surface area (Å²) in [6.07, 6.45) is 0. The molecule has 0 fully saturated rings. The Morgan fingerprint density at radius 1 is 1.32 bits per heavy atom. The van der Waals surface area contributed by atoms with Gasteiger partial charge in [-0.05, 0) is 19.1 Å². The van der Waals surface area contributed by atoms with Crippen LogP contribution in [0.25, 0.3) is 0 Å². The van der Waals surface area contributed by atoms with Gasteiger partial charge < -0.3 is 4.74 Å². The molecule has 0 bridgehead atoms. The van der Waals surface area contributed by atoms with Gasteiger partial charge in [0.25, 0.3) is 5.91 Å². The van der Waals surface area contributed by atoms with Crippen molar-refractivity contribution in [3.8, 4) is 0 Å². The Bertz CT molecular complexity index is 470. The standard InChI is InChI=1S/C14H17NO4/c1-10(2)13(9-19-11(3)16)15(18)14(17)12-7-5-4-6-8-12/h4-8,13,18H,1,9H2,2-3H3. The van der Waals surface area contributed by atoms with E-state index < -0.39 is 17.9 Å². The molecular weight excluding hydrogens is 246 g/mol. The van der Waals surface area contributed by atoms with Gasteiger partial charge in [0, 0.05) is 12.5 Å². The predicted molar refractivity (Wildman–Crippen MR) is 69.6 cm³/mol. The fraction of sp³-hybridized carbons (Fsp3) is 0.286. The molecule has 0 aliphatic rings. The summed E-state index contributed by atoms with van der Waals surface area (Å²) < 4.78 is 4.82. The summed E-state index contributed by atoms with van der Waals surface area (Å²) in [6, 6.07) is 7.58. The van der Waals surface area contributed by atoms with Gasteiger partial charge in [-0.1, -0.05) is 30.4 Å². The van der Waals surface area contributed by atoms with Crippen molar-refractivity contribution in [1.82, 2.24) is 5.06 Å². The minimum atomic E-state index is -0.767. The van der Waals surface area contributed by atoms with E-state index >= 15 is 0 Å². The highest BCUT2D eigenvalue weighted by Gasteiger charge is 2.25. The van der Waals surface area contributed by atoms with Crippen molar-refractivity contribution in [2.45, 2.75) is 19.9 Å². The minimum absolute atomic E-state index is 0.125. The van der Waals surface area contributed by atoms with Crippen LogP contribution in [0, 0.1) is 0 Å². The lowest BCUT2D eigenvalue weighted by Crippen LogP contribution is -2.41. The van der Waals surface area contributed by atoms with E-state index in [9.17, 15) is 14.8 Å². The Labute approximate surface area is 112 Å². The van der Waals surface area contributed by atoms with Gasteiger partial charge in [0.2, 0.25) is 0 Å². The highest BCUT2D eigenvalue weighted by Crippen LogP contribution is 2.12. The van der Waals surface area contributed by atoms with Gasteiger partial charge in [-0.3, -0.25) is 14.8 Å². The van der Waals surface area contributed by atoms with E-state index in [-0.39, 0.29) is 6.61 Å². The molecule has 1 atom stereocenters. The number of benzene rings is 1. The number of rotatable bonds is 5. The summed E-state index contributed by atoms with van der Waals surface area (Å²) in [5.41, 5.74) is 0.868. The second kappa shape index (κ2) is 6.70. The number of hydrogen-bond donors (Lipinski definition) is 1. The van der Waals surface area contributed by atoms with E-state index in [1.54, 1.807) is 37.3 Å². The first-order valence-corrected chi connectivity index (χ1v) is 5.79. The third-order valence-electron chi connectivity index (χ3n) is 2.54. The molecule has 5 nitrogen and oxygen atoms in total. The van der Waals surface area contributed by atoms with E-state index in [0.717, 1.165) is 0 Å². The largest absolute Gasteiger partial charge is 0.463 e. The summed E-state index contributed by atoms with van der Waals surface area (Å²) in [6.45, 7) is 6.47. The second-order valence-electron chi connectivity index (χ2n) is 4.18. The molecule has 1 aromatic rings. The van der Waals surface area contributed by atoms with Gasteiger partial charge in [-0.15, -0.1) is 0 Å². The van der Waals surface area contributed by atoms with Gasteiger partial charge >= 0.3 is 5.97 Å². The van der Waals surface area contributed by atoms with Crippen LogP contribution in [0.5, 0.6) is 0 Å². The molecule has 0 aromatic heterocycles. The van der Waals surface area contributed by atoms with Gasteiger partial charge in [0.1, 0.15) is 12.6 Å². The maximum absolute atomic E-state index is 12.0. The van der Waals surface area contributed by atoms with Crippen molar-refractivity contribution < 1.29 is 19.5 Å². The minimum Gasteiger partial charge on any atom is -0.463 e. The zero-order valence-electron chi connectivity index (χ0n) is 11.0. The Morgan fingerprint density at radius 3 is 2.37 bits per heavy atom. The normalized spacial score (nSPS) is 11.5. The molecule has 1 unspecified atom stereocenters. The molecule has 19 heavy (non-hydrogen) atoms. The molecule has 5 heteroatoms. The van der Waals surface area contributed by atoms with Crippen molar-refractivity contribution in [3.63, 3.8) is 0 Å². The maximum Gasteiger partial charge on any atom is 0.302 e. The number of carbonyl (C=O) groups excluding carboxylic acids is 2. The lowest BCUT2D eigenvalue weighted by Gasteiger charge is -2.25. The Kier molecular flexibility index (Phi) is 5.26. The van der Waals surface area contributed by atoms with Crippen molar-refractivity contribution in [3.05, 3.63) is 48.0 Å². The fourth-order valence-electron chi connectivity index (χ4n) is 1.47. The van der Waals surface area contributed by atoms with E-state index in [2.05, 4.69) is 6.58 Å². The van der Waals surface area contributed by atoms with Gasteiger partial charge in [-0.2, -0.15) is 0 Å². The average Bonchev–Trinajstić information content (AvgIpc) is 2.38. The maximum atomic E-state index is 12.0. The molecule has 1 rings (SSSR count). The molecule has 0 aliphatic heterocycles. The summed E-state index contributed by atoms with van der Waals surface area (Å²) in [5, 5.41) is 10.5. The van der Waals surface area contributed by atoms with Crippen LogP contribution in [0.1, 0.15) is 24.2 Å². The summed E-state index contributed by atoms with van der Waals surface area (Å²) >= 11 is 0. The Balaban J connectivity index is 2.82. The summed E-state index contributed by atoms with van der Waals surface area (Å²) in [7, 11) is 0. The number of ether oxygens (including phenoxy) is 1. The van der Waals surface area contributed by atoms with Crippen molar-refractivity contribution >= 4 is 11.9 Å². The lowest BCUT2D eigenvalue weighted by atomic mass is 10.1. The van der Waals surface area contributed by atoms with Crippen LogP contribution < -0.4 is 0 Å². The highest BCUT2D eigenvalue weighted by molar-refractivity contribution is 5.93. The first kappa shape index (κ1) is 14.9. The fourth-order valence-corrected chi connectivity index (χ4v) is 1.47. The smallest absolute Gasteiger partial charge is 0.302 e. The topological polar surface area (TPSA) is 66.8 Å². The molecule has 0 aliphatic carbocycles. The molecule has 102 valence electrons. The van der Waals surface area contributed by atoms with Crippen LogP contribution in [0.3, 0.4) is 0 Å². The number of amides is 1. The Morgan fingerprint density at radius 2 is 1.89 bits per heavy atom. The predicted octanol–water partition coefficient (Wildman–Crippen LogP) is 2.03. The van der Waals surface area contributed by atoms with E-state index in [1.165, 1.54) is 6.92 Å². The Hall–Kier alpha value is -2.14. The molecule has 0 heterocycles. The van der Waals surface area contributed by atoms with Gasteiger partial charge in [0.05, 0.1) is 0 Å². The van der Waals surface area contributed by atoms with Crippen molar-refractivity contribution in [2.75, 3.05) is 6.61 Å². The van der Waals surface area contributed by atoms with Gasteiger partial charge in [-0.25, -0.2) is 5.06 Å². The SMILES string of the molecule is C=C(C)C(COC(C)=O)N(O)C(=O)c1ccccc1. The molecule has 0 spiro atoms. The summed E-state index contributed by atoms with van der Waals surface area (Å²) in [4.78, 5) is 22.8. The van der Waals surface area contributed by atoms with Crippen LogP contribution in [0.4, 0.5) is 0 Å². The molecule has 0 radical (unpaired) electrons. The number of esters is 1. The number of hydroxylamine groups is 2. The van der Waals surface area contributed by atoms with E-state index in [4.69, 9.17) is 4.74 Å². The van der Waals surface area contributed by atoms with Crippen LogP contribution in [-0.2, 0) is 9.53 Å². The third-order valence-corrected chi connectivity index (χ3v) is 2.54. The number of nitrogens with zero attached hydrogens (tertiary/aromatic N) is 1. The zero-order valence-corrected chi connectivity index (χ0v) is 11.0. The van der Waals surface area contributed by atoms with Gasteiger partial charge in [0.15, 0.2) is 0 Å².